The van der Waals surface area contributed by atoms with E-state index in [0.29, 0.717) is 17.5 Å². The number of nitrogen functional groups attached to an aromatic ring is 1. The minimum atomic E-state index is -1.07. The number of nitrogens with zero attached hydrogens (tertiary/aromatic N) is 3. The molecule has 0 fully saturated rings. The van der Waals surface area contributed by atoms with Crippen molar-refractivity contribution in [3.8, 4) is 5.69 Å². The van der Waals surface area contributed by atoms with Crippen molar-refractivity contribution < 1.29 is 4.74 Å². The number of aromatic nitrogens is 3. The molecule has 0 aliphatic carbocycles. The number of rotatable bonds is 2. The Kier molecular flexibility index (Phi) is 3.24. The maximum Gasteiger partial charge on any atom is 0.340 e. The number of benzene rings is 1. The Morgan fingerprint density at radius 3 is 2.60 bits per heavy atom. The minimum Gasteiger partial charge on any atom is -0.475 e. The first-order valence-corrected chi connectivity index (χ1v) is 7.84. The predicted octanol–water partition coefficient (Wildman–Crippen LogP) is 1.74. The zero-order valence-corrected chi connectivity index (χ0v) is 13.5. The van der Waals surface area contributed by atoms with Gasteiger partial charge in [0, 0.05) is 6.42 Å². The van der Waals surface area contributed by atoms with E-state index in [4.69, 9.17) is 10.5 Å². The van der Waals surface area contributed by atoms with Gasteiger partial charge in [-0.05, 0) is 37.3 Å². The summed E-state index contributed by atoms with van der Waals surface area (Å²) >= 11 is 0. The third-order valence-electron chi connectivity index (χ3n) is 4.33. The molecule has 1 unspecified atom stereocenters. The molecule has 25 heavy (non-hydrogen) atoms. The first kappa shape index (κ1) is 15.2. The van der Waals surface area contributed by atoms with Gasteiger partial charge >= 0.3 is 5.69 Å². The summed E-state index contributed by atoms with van der Waals surface area (Å²) in [6.07, 6.45) is 3.71. The zero-order valence-electron chi connectivity index (χ0n) is 13.5. The molecule has 1 aliphatic heterocycles. The van der Waals surface area contributed by atoms with Gasteiger partial charge in [-0.3, -0.25) is 4.79 Å². The molecule has 2 N–H and O–H groups in total. The fourth-order valence-corrected chi connectivity index (χ4v) is 3.08. The van der Waals surface area contributed by atoms with E-state index in [-0.39, 0.29) is 11.5 Å². The minimum absolute atomic E-state index is 0.229. The highest BCUT2D eigenvalue weighted by Crippen LogP contribution is 2.26. The fraction of sp³-hybridized carbons (Fsp3) is 0.167. The van der Waals surface area contributed by atoms with E-state index in [1.165, 1.54) is 10.8 Å². The molecule has 7 heteroatoms. The molecule has 0 saturated carbocycles. The predicted molar refractivity (Wildman–Crippen MR) is 94.5 cm³/mol. The summed E-state index contributed by atoms with van der Waals surface area (Å²) in [6.45, 7) is 1.71. The zero-order chi connectivity index (χ0) is 17.6. The molecular weight excluding hydrogens is 320 g/mol. The van der Waals surface area contributed by atoms with Gasteiger partial charge < -0.3 is 10.5 Å². The number of fused-ring (bicyclic) bond motifs is 1. The quantitative estimate of drug-likeness (QED) is 0.769. The second-order valence-corrected chi connectivity index (χ2v) is 6.07. The van der Waals surface area contributed by atoms with Crippen molar-refractivity contribution in [2.24, 2.45) is 0 Å². The van der Waals surface area contributed by atoms with Crippen molar-refractivity contribution in [1.29, 1.82) is 0 Å². The summed E-state index contributed by atoms with van der Waals surface area (Å²) in [5, 5.41) is 0.300. The van der Waals surface area contributed by atoms with Crippen molar-refractivity contribution in [3.05, 3.63) is 75.6 Å². The Bertz CT molecular complexity index is 1100. The Morgan fingerprint density at radius 2 is 1.92 bits per heavy atom. The van der Waals surface area contributed by atoms with Gasteiger partial charge in [-0.1, -0.05) is 18.2 Å². The summed E-state index contributed by atoms with van der Waals surface area (Å²) in [5.41, 5.74) is 4.57. The van der Waals surface area contributed by atoms with E-state index in [1.807, 2.05) is 18.2 Å². The highest BCUT2D eigenvalue weighted by Gasteiger charge is 2.34. The smallest absolute Gasteiger partial charge is 0.340 e. The highest BCUT2D eigenvalue weighted by molar-refractivity contribution is 5.77. The summed E-state index contributed by atoms with van der Waals surface area (Å²) in [5.74, 6) is 0.235. The topological polar surface area (TPSA) is 92.1 Å². The van der Waals surface area contributed by atoms with Crippen LogP contribution in [-0.4, -0.2) is 14.1 Å². The number of ether oxygens (including phenoxy) is 1. The maximum atomic E-state index is 13.2. The van der Waals surface area contributed by atoms with Gasteiger partial charge in [-0.2, -0.15) is 0 Å². The maximum absolute atomic E-state index is 13.2. The molecule has 0 saturated heterocycles. The van der Waals surface area contributed by atoms with Crippen molar-refractivity contribution in [2.45, 2.75) is 19.1 Å². The van der Waals surface area contributed by atoms with E-state index in [2.05, 4.69) is 4.98 Å². The standard InChI is InChI=1S/C18H16N4O3/c1-18(10-5-11-25-18)22-16(23)13-8-9-14(19)20-15(13)21(17(22)24)12-6-3-2-4-7-12/h2-9,11H,10H2,1H3,(H2,19,20). The van der Waals surface area contributed by atoms with Crippen LogP contribution in [-0.2, 0) is 10.5 Å². The van der Waals surface area contributed by atoms with Gasteiger partial charge in [0.05, 0.1) is 17.3 Å². The van der Waals surface area contributed by atoms with Crippen LogP contribution in [0.1, 0.15) is 13.3 Å². The van der Waals surface area contributed by atoms with Crippen LogP contribution in [0.4, 0.5) is 5.82 Å². The Morgan fingerprint density at radius 1 is 1.16 bits per heavy atom. The van der Waals surface area contributed by atoms with E-state index < -0.39 is 17.0 Å². The molecular formula is C18H16N4O3. The van der Waals surface area contributed by atoms with Crippen molar-refractivity contribution in [2.75, 3.05) is 5.73 Å². The Balaban J connectivity index is 2.18. The molecule has 0 radical (unpaired) electrons. The van der Waals surface area contributed by atoms with Gasteiger partial charge in [0.25, 0.3) is 5.56 Å². The van der Waals surface area contributed by atoms with Crippen molar-refractivity contribution >= 4 is 16.9 Å². The molecule has 126 valence electrons. The highest BCUT2D eigenvalue weighted by atomic mass is 16.5. The van der Waals surface area contributed by atoms with Crippen LogP contribution in [0.15, 0.2) is 64.4 Å². The van der Waals surface area contributed by atoms with Crippen LogP contribution >= 0.6 is 0 Å². The van der Waals surface area contributed by atoms with Crippen molar-refractivity contribution in [1.82, 2.24) is 14.1 Å². The van der Waals surface area contributed by atoms with Crippen LogP contribution in [0.5, 0.6) is 0 Å². The second kappa shape index (κ2) is 5.34. The monoisotopic (exact) mass is 336 g/mol. The van der Waals surface area contributed by atoms with E-state index in [1.54, 1.807) is 37.3 Å². The van der Waals surface area contributed by atoms with E-state index in [9.17, 15) is 9.59 Å². The van der Waals surface area contributed by atoms with Gasteiger partial charge in [0.2, 0.25) is 0 Å². The molecule has 7 nitrogen and oxygen atoms in total. The second-order valence-electron chi connectivity index (χ2n) is 6.07. The summed E-state index contributed by atoms with van der Waals surface area (Å²) in [7, 11) is 0. The number of para-hydroxylation sites is 1. The SMILES string of the molecule is CC1(n2c(=O)c3ccc(N)nc3n(-c3ccccc3)c2=O)CC=CO1. The largest absolute Gasteiger partial charge is 0.475 e. The molecule has 0 amide bonds. The molecule has 2 aromatic heterocycles. The van der Waals surface area contributed by atoms with Gasteiger partial charge in [-0.15, -0.1) is 0 Å². The number of hydrogen-bond donors (Lipinski definition) is 1. The number of anilines is 1. The molecule has 1 aliphatic rings. The molecule has 4 rings (SSSR count). The molecule has 1 aromatic carbocycles. The Labute approximate surface area is 142 Å². The fourth-order valence-electron chi connectivity index (χ4n) is 3.08. The van der Waals surface area contributed by atoms with E-state index >= 15 is 0 Å². The summed E-state index contributed by atoms with van der Waals surface area (Å²) in [6, 6.07) is 12.1. The van der Waals surface area contributed by atoms with Gasteiger partial charge in [0.1, 0.15) is 5.82 Å². The average molecular weight is 336 g/mol. The lowest BCUT2D eigenvalue weighted by Gasteiger charge is -2.26. The van der Waals surface area contributed by atoms with Gasteiger partial charge in [0.15, 0.2) is 11.4 Å². The summed E-state index contributed by atoms with van der Waals surface area (Å²) < 4.78 is 8.10. The van der Waals surface area contributed by atoms with Crippen LogP contribution < -0.4 is 17.0 Å². The van der Waals surface area contributed by atoms with Crippen molar-refractivity contribution in [3.63, 3.8) is 0 Å². The Hall–Kier alpha value is -3.35. The first-order chi connectivity index (χ1) is 12.0. The normalized spacial score (nSPS) is 19.2. The van der Waals surface area contributed by atoms with Crippen LogP contribution in [0, 0.1) is 0 Å². The first-order valence-electron chi connectivity index (χ1n) is 7.84. The lowest BCUT2D eigenvalue weighted by atomic mass is 10.2. The molecule has 3 aromatic rings. The van der Waals surface area contributed by atoms with Crippen LogP contribution in [0.3, 0.4) is 0 Å². The average Bonchev–Trinajstić information content (AvgIpc) is 3.03. The lowest BCUT2D eigenvalue weighted by molar-refractivity contribution is -0.0186. The van der Waals surface area contributed by atoms with Gasteiger partial charge in [-0.25, -0.2) is 18.9 Å². The molecule has 1 atom stereocenters. The van der Waals surface area contributed by atoms with Crippen LogP contribution in [0.2, 0.25) is 0 Å². The third-order valence-corrected chi connectivity index (χ3v) is 4.33. The number of pyridine rings is 1. The molecule has 0 bridgehead atoms. The number of hydrogen-bond acceptors (Lipinski definition) is 5. The lowest BCUT2D eigenvalue weighted by Crippen LogP contribution is -2.50. The summed E-state index contributed by atoms with van der Waals surface area (Å²) in [4.78, 5) is 30.5. The third kappa shape index (κ3) is 2.24. The van der Waals surface area contributed by atoms with E-state index in [0.717, 1.165) is 4.57 Å². The van der Waals surface area contributed by atoms with Crippen LogP contribution in [0.25, 0.3) is 16.7 Å². The molecule has 0 spiro atoms. The molecule has 3 heterocycles. The number of nitrogens with two attached hydrogens (primary N) is 1.